The number of aromatic nitrogens is 2. The highest BCUT2D eigenvalue weighted by molar-refractivity contribution is 5.82. The Kier molecular flexibility index (Phi) is 5.98. The number of carbonyl (C=O) groups is 1. The van der Waals surface area contributed by atoms with Crippen LogP contribution in [0, 0.1) is 19.8 Å². The third-order valence-corrected chi connectivity index (χ3v) is 6.20. The molecule has 0 saturated heterocycles. The van der Waals surface area contributed by atoms with Crippen LogP contribution < -0.4 is 5.32 Å². The van der Waals surface area contributed by atoms with E-state index in [1.165, 1.54) is 0 Å². The van der Waals surface area contributed by atoms with Crippen molar-refractivity contribution in [1.82, 2.24) is 14.4 Å². The summed E-state index contributed by atoms with van der Waals surface area (Å²) in [7, 11) is 1.64. The largest absolute Gasteiger partial charge is 0.376 e. The molecule has 1 aliphatic rings. The smallest absolute Gasteiger partial charge is 0.333 e. The van der Waals surface area contributed by atoms with Gasteiger partial charge in [0.1, 0.15) is 5.92 Å². The molecule has 164 valence electrons. The third kappa shape index (κ3) is 3.68. The van der Waals surface area contributed by atoms with Crippen molar-refractivity contribution in [1.29, 1.82) is 0 Å². The van der Waals surface area contributed by atoms with Crippen LogP contribution in [0.3, 0.4) is 0 Å². The molecule has 1 aliphatic heterocycles. The molecule has 0 unspecified atom stereocenters. The van der Waals surface area contributed by atoms with Crippen LogP contribution >= 0.6 is 0 Å². The summed E-state index contributed by atoms with van der Waals surface area (Å²) in [5, 5.41) is 5.28. The number of rotatable bonds is 6. The lowest BCUT2D eigenvalue weighted by Gasteiger charge is -2.39. The number of ether oxygens (including phenoxy) is 1. The zero-order chi connectivity index (χ0) is 22.1. The minimum Gasteiger partial charge on any atom is -0.376 e. The van der Waals surface area contributed by atoms with Gasteiger partial charge in [0.05, 0.1) is 23.5 Å². The molecule has 0 spiro atoms. The number of hydrogen-bond donors (Lipinski definition) is 1. The van der Waals surface area contributed by atoms with Crippen molar-refractivity contribution >= 4 is 17.3 Å². The van der Waals surface area contributed by atoms with Gasteiger partial charge < -0.3 is 19.3 Å². The van der Waals surface area contributed by atoms with Crippen molar-refractivity contribution < 1.29 is 14.4 Å². The van der Waals surface area contributed by atoms with Gasteiger partial charge >= 0.3 is 5.97 Å². The van der Waals surface area contributed by atoms with Crippen molar-refractivity contribution in [3.05, 3.63) is 65.1 Å². The Morgan fingerprint density at radius 1 is 1.16 bits per heavy atom. The van der Waals surface area contributed by atoms with Crippen molar-refractivity contribution in [2.45, 2.75) is 39.8 Å². The van der Waals surface area contributed by atoms with Crippen LogP contribution in [-0.2, 0) is 14.4 Å². The number of anilines is 1. The second kappa shape index (κ2) is 8.69. The molecule has 7 heteroatoms. The number of hydroxylamine groups is 2. The van der Waals surface area contributed by atoms with Crippen LogP contribution in [0.5, 0.6) is 0 Å². The van der Waals surface area contributed by atoms with E-state index >= 15 is 0 Å². The molecule has 3 heterocycles. The molecule has 4 rings (SSSR count). The number of methoxy groups -OCH3 is 1. The molecule has 31 heavy (non-hydrogen) atoms. The van der Waals surface area contributed by atoms with E-state index in [0.717, 1.165) is 33.8 Å². The summed E-state index contributed by atoms with van der Waals surface area (Å²) in [5.74, 6) is -0.863. The summed E-state index contributed by atoms with van der Waals surface area (Å²) in [5.41, 5.74) is 5.71. The number of pyridine rings is 1. The van der Waals surface area contributed by atoms with E-state index in [2.05, 4.69) is 16.6 Å². The first-order chi connectivity index (χ1) is 15.0. The van der Waals surface area contributed by atoms with Gasteiger partial charge in [-0.1, -0.05) is 30.3 Å². The molecule has 0 radical (unpaired) electrons. The van der Waals surface area contributed by atoms with Crippen LogP contribution in [0.25, 0.3) is 5.65 Å². The first kappa shape index (κ1) is 21.3. The molecule has 0 bridgehead atoms. The van der Waals surface area contributed by atoms with Gasteiger partial charge in [0.15, 0.2) is 5.65 Å². The second-order valence-corrected chi connectivity index (χ2v) is 7.86. The molecule has 3 aromatic rings. The standard InChI is InChI=1S/C24H30N4O3/c1-6-27(7-2)31-24(29)19-20(17-11-9-8-10-12-17)26-21-18(22(19)30-5)13-14-28-16(4)15(3)25-23(21)28/h8-14,19-20,22,26H,6-7H2,1-5H3/t19-,20+,22-/m1/s1. The highest BCUT2D eigenvalue weighted by atomic mass is 16.7. The van der Waals surface area contributed by atoms with Crippen molar-refractivity contribution in [3.63, 3.8) is 0 Å². The number of benzene rings is 1. The molecule has 3 atom stereocenters. The van der Waals surface area contributed by atoms with Crippen molar-refractivity contribution in [3.8, 4) is 0 Å². The molecular formula is C24H30N4O3. The van der Waals surface area contributed by atoms with Crippen LogP contribution in [0.2, 0.25) is 0 Å². The normalized spacial score (nSPS) is 20.5. The summed E-state index contributed by atoms with van der Waals surface area (Å²) >= 11 is 0. The van der Waals surface area contributed by atoms with E-state index in [1.54, 1.807) is 12.2 Å². The van der Waals surface area contributed by atoms with Crippen LogP contribution in [-0.4, -0.2) is 40.6 Å². The Bertz CT molecular complexity index is 1080. The Morgan fingerprint density at radius 2 is 1.87 bits per heavy atom. The van der Waals surface area contributed by atoms with E-state index in [-0.39, 0.29) is 12.0 Å². The maximum absolute atomic E-state index is 13.4. The number of fused-ring (bicyclic) bond motifs is 3. The third-order valence-electron chi connectivity index (χ3n) is 6.20. The molecule has 0 amide bonds. The van der Waals surface area contributed by atoms with Crippen molar-refractivity contribution in [2.75, 3.05) is 25.5 Å². The average Bonchev–Trinajstić information content (AvgIpc) is 3.10. The molecule has 0 fully saturated rings. The van der Waals surface area contributed by atoms with Gasteiger partial charge in [0.25, 0.3) is 0 Å². The zero-order valence-electron chi connectivity index (χ0n) is 18.8. The lowest BCUT2D eigenvalue weighted by molar-refractivity contribution is -0.199. The van der Waals surface area contributed by atoms with Gasteiger partial charge in [-0.3, -0.25) is 0 Å². The minimum atomic E-state index is -0.555. The fourth-order valence-corrected chi connectivity index (χ4v) is 4.38. The number of nitrogens with one attached hydrogen (secondary N) is 1. The van der Waals surface area contributed by atoms with Crippen LogP contribution in [0.1, 0.15) is 48.5 Å². The molecule has 2 aromatic heterocycles. The molecule has 7 nitrogen and oxygen atoms in total. The molecule has 1 aromatic carbocycles. The van der Waals surface area contributed by atoms with Gasteiger partial charge in [-0.05, 0) is 39.3 Å². The van der Waals surface area contributed by atoms with E-state index in [9.17, 15) is 4.79 Å². The second-order valence-electron chi connectivity index (χ2n) is 7.86. The van der Waals surface area contributed by atoms with Gasteiger partial charge in [-0.15, -0.1) is 5.06 Å². The number of hydrogen-bond acceptors (Lipinski definition) is 6. The number of imidazole rings is 1. The Labute approximate surface area is 182 Å². The van der Waals surface area contributed by atoms with Gasteiger partial charge in [0, 0.05) is 37.7 Å². The Balaban J connectivity index is 1.86. The fourth-order valence-electron chi connectivity index (χ4n) is 4.38. The first-order valence-electron chi connectivity index (χ1n) is 10.8. The van der Waals surface area contributed by atoms with Crippen molar-refractivity contribution in [2.24, 2.45) is 5.92 Å². The van der Waals surface area contributed by atoms with E-state index in [1.807, 2.05) is 63.4 Å². The van der Waals surface area contributed by atoms with E-state index in [4.69, 9.17) is 14.6 Å². The Hall–Kier alpha value is -2.90. The van der Waals surface area contributed by atoms with Crippen LogP contribution in [0.15, 0.2) is 42.6 Å². The van der Waals surface area contributed by atoms with E-state index in [0.29, 0.717) is 13.1 Å². The lowest BCUT2D eigenvalue weighted by Crippen LogP contribution is -2.41. The summed E-state index contributed by atoms with van der Waals surface area (Å²) in [6, 6.07) is 11.7. The van der Waals surface area contributed by atoms with Crippen LogP contribution in [0.4, 0.5) is 5.69 Å². The van der Waals surface area contributed by atoms with Gasteiger partial charge in [0.2, 0.25) is 0 Å². The maximum atomic E-state index is 13.4. The lowest BCUT2D eigenvalue weighted by atomic mass is 9.81. The number of nitrogens with zero attached hydrogens (tertiary/aromatic N) is 3. The molecular weight excluding hydrogens is 392 g/mol. The minimum absolute atomic E-state index is 0.307. The topological polar surface area (TPSA) is 68.1 Å². The summed E-state index contributed by atoms with van der Waals surface area (Å²) < 4.78 is 8.02. The summed E-state index contributed by atoms with van der Waals surface area (Å²) in [4.78, 5) is 23.9. The average molecular weight is 423 g/mol. The fraction of sp³-hybridized carbons (Fsp3) is 0.417. The maximum Gasteiger partial charge on any atom is 0.333 e. The molecule has 0 aliphatic carbocycles. The monoisotopic (exact) mass is 422 g/mol. The highest BCUT2D eigenvalue weighted by Gasteiger charge is 2.45. The highest BCUT2D eigenvalue weighted by Crippen LogP contribution is 2.47. The predicted molar refractivity (Wildman–Crippen MR) is 120 cm³/mol. The molecule has 1 N–H and O–H groups in total. The SMILES string of the molecule is CCN(CC)OC(=O)[C@H]1[C@H](OC)c2ccn3c(C)c(C)nc3c2N[C@H]1c1ccccc1. The van der Waals surface area contributed by atoms with Gasteiger partial charge in [-0.25, -0.2) is 9.78 Å². The zero-order valence-corrected chi connectivity index (χ0v) is 18.8. The molecule has 0 saturated carbocycles. The quantitative estimate of drug-likeness (QED) is 0.600. The van der Waals surface area contributed by atoms with Gasteiger partial charge in [-0.2, -0.15) is 0 Å². The predicted octanol–water partition coefficient (Wildman–Crippen LogP) is 4.22. The summed E-state index contributed by atoms with van der Waals surface area (Å²) in [6.45, 7) is 9.24. The Morgan fingerprint density at radius 3 is 2.52 bits per heavy atom. The van der Waals surface area contributed by atoms with E-state index < -0.39 is 12.0 Å². The number of aryl methyl sites for hydroxylation is 2. The first-order valence-corrected chi connectivity index (χ1v) is 10.8. The summed E-state index contributed by atoms with van der Waals surface area (Å²) in [6.07, 6.45) is 1.53. The number of carbonyl (C=O) groups excluding carboxylic acids is 1.